The minimum Gasteiger partial charge on any atom is -0.314 e. The first kappa shape index (κ1) is 11.4. The third-order valence-corrected chi connectivity index (χ3v) is 3.75. The summed E-state index contributed by atoms with van der Waals surface area (Å²) < 4.78 is 0. The van der Waals surface area contributed by atoms with Crippen LogP contribution in [-0.4, -0.2) is 24.7 Å². The Morgan fingerprint density at radius 1 is 1.13 bits per heavy atom. The van der Waals surface area contributed by atoms with Crippen LogP contribution in [0.1, 0.15) is 52.4 Å². The number of nitrogens with one attached hydrogen (secondary N) is 2. The predicted octanol–water partition coefficient (Wildman–Crippen LogP) is 2.30. The van der Waals surface area contributed by atoms with Gasteiger partial charge in [-0.25, -0.2) is 0 Å². The second kappa shape index (κ2) is 5.31. The van der Waals surface area contributed by atoms with Gasteiger partial charge in [0.25, 0.3) is 0 Å². The Hall–Kier alpha value is -0.0800. The summed E-state index contributed by atoms with van der Waals surface area (Å²) in [5.74, 6) is 1.05. The standard InChI is InChI=1S/C13H26N2/c1-10(8-12-5-6-12)15-11(2)9-13-4-3-7-14-13/h10-15H,3-9H2,1-2H3. The molecule has 2 heteroatoms. The highest BCUT2D eigenvalue weighted by atomic mass is 15.0. The van der Waals surface area contributed by atoms with Gasteiger partial charge < -0.3 is 10.6 Å². The fourth-order valence-electron chi connectivity index (χ4n) is 2.86. The second-order valence-electron chi connectivity index (χ2n) is 5.68. The summed E-state index contributed by atoms with van der Waals surface area (Å²) in [5.41, 5.74) is 0. The van der Waals surface area contributed by atoms with Gasteiger partial charge >= 0.3 is 0 Å². The van der Waals surface area contributed by atoms with Crippen LogP contribution >= 0.6 is 0 Å². The molecule has 1 aliphatic carbocycles. The SMILES string of the molecule is CC(CC1CC1)NC(C)CC1CCCN1. The van der Waals surface area contributed by atoms with Crippen LogP contribution in [0.2, 0.25) is 0 Å². The summed E-state index contributed by atoms with van der Waals surface area (Å²) in [6, 6.07) is 2.17. The molecule has 1 heterocycles. The number of hydrogen-bond donors (Lipinski definition) is 2. The van der Waals surface area contributed by atoms with Crippen LogP contribution in [0.4, 0.5) is 0 Å². The Morgan fingerprint density at radius 3 is 2.47 bits per heavy atom. The van der Waals surface area contributed by atoms with E-state index in [1.165, 1.54) is 45.1 Å². The smallest absolute Gasteiger partial charge is 0.00822 e. The van der Waals surface area contributed by atoms with Gasteiger partial charge in [0.2, 0.25) is 0 Å². The van der Waals surface area contributed by atoms with Gasteiger partial charge in [0.05, 0.1) is 0 Å². The van der Waals surface area contributed by atoms with Crippen LogP contribution in [0, 0.1) is 5.92 Å². The minimum atomic E-state index is 0.675. The van der Waals surface area contributed by atoms with Crippen LogP contribution in [0.3, 0.4) is 0 Å². The van der Waals surface area contributed by atoms with Gasteiger partial charge in [-0.15, -0.1) is 0 Å². The largest absolute Gasteiger partial charge is 0.314 e. The third-order valence-electron chi connectivity index (χ3n) is 3.75. The van der Waals surface area contributed by atoms with Gasteiger partial charge in [0.15, 0.2) is 0 Å². The van der Waals surface area contributed by atoms with Crippen molar-refractivity contribution in [2.24, 2.45) is 5.92 Å². The summed E-state index contributed by atoms with van der Waals surface area (Å²) in [5, 5.41) is 7.31. The maximum atomic E-state index is 3.74. The lowest BCUT2D eigenvalue weighted by Gasteiger charge is -2.22. The van der Waals surface area contributed by atoms with Crippen molar-refractivity contribution in [3.05, 3.63) is 0 Å². The van der Waals surface area contributed by atoms with E-state index in [1.54, 1.807) is 0 Å². The summed E-state index contributed by atoms with van der Waals surface area (Å²) in [7, 11) is 0. The van der Waals surface area contributed by atoms with Crippen molar-refractivity contribution >= 4 is 0 Å². The fourth-order valence-corrected chi connectivity index (χ4v) is 2.86. The lowest BCUT2D eigenvalue weighted by atomic mass is 10.0. The summed E-state index contributed by atoms with van der Waals surface area (Å²) in [6.07, 6.45) is 8.39. The minimum absolute atomic E-state index is 0.675. The van der Waals surface area contributed by atoms with Crippen molar-refractivity contribution in [1.82, 2.24) is 10.6 Å². The summed E-state index contributed by atoms with van der Waals surface area (Å²) >= 11 is 0. The molecule has 0 spiro atoms. The van der Waals surface area contributed by atoms with Crippen LogP contribution in [0.25, 0.3) is 0 Å². The van der Waals surface area contributed by atoms with Gasteiger partial charge in [-0.3, -0.25) is 0 Å². The maximum Gasteiger partial charge on any atom is 0.00822 e. The average Bonchev–Trinajstić information content (AvgIpc) is 2.80. The molecular weight excluding hydrogens is 184 g/mol. The zero-order chi connectivity index (χ0) is 10.7. The van der Waals surface area contributed by atoms with Crippen LogP contribution in [0.5, 0.6) is 0 Å². The van der Waals surface area contributed by atoms with Crippen molar-refractivity contribution in [2.45, 2.75) is 70.5 Å². The van der Waals surface area contributed by atoms with E-state index in [2.05, 4.69) is 24.5 Å². The Morgan fingerprint density at radius 2 is 1.87 bits per heavy atom. The van der Waals surface area contributed by atoms with Crippen molar-refractivity contribution in [1.29, 1.82) is 0 Å². The normalized spacial score (nSPS) is 30.4. The van der Waals surface area contributed by atoms with Gasteiger partial charge in [-0.05, 0) is 52.0 Å². The second-order valence-corrected chi connectivity index (χ2v) is 5.68. The van der Waals surface area contributed by atoms with Crippen LogP contribution < -0.4 is 10.6 Å². The molecular formula is C13H26N2. The molecule has 2 rings (SSSR count). The maximum absolute atomic E-state index is 3.74. The molecule has 0 bridgehead atoms. The lowest BCUT2D eigenvalue weighted by molar-refractivity contribution is 0.383. The molecule has 1 aliphatic heterocycles. The highest BCUT2D eigenvalue weighted by Crippen LogP contribution is 2.33. The molecule has 2 nitrogen and oxygen atoms in total. The van der Waals surface area contributed by atoms with Gasteiger partial charge in [0, 0.05) is 18.1 Å². The van der Waals surface area contributed by atoms with Crippen molar-refractivity contribution in [3.8, 4) is 0 Å². The van der Waals surface area contributed by atoms with E-state index in [1.807, 2.05) is 0 Å². The van der Waals surface area contributed by atoms with Gasteiger partial charge in [-0.2, -0.15) is 0 Å². The molecule has 1 saturated heterocycles. The van der Waals surface area contributed by atoms with Gasteiger partial charge in [0.1, 0.15) is 0 Å². The lowest BCUT2D eigenvalue weighted by Crippen LogP contribution is -2.38. The van der Waals surface area contributed by atoms with E-state index < -0.39 is 0 Å². The predicted molar refractivity (Wildman–Crippen MR) is 65.0 cm³/mol. The first-order valence-corrected chi connectivity index (χ1v) is 6.73. The van der Waals surface area contributed by atoms with E-state index in [-0.39, 0.29) is 0 Å². The molecule has 0 amide bonds. The molecule has 0 aromatic heterocycles. The van der Waals surface area contributed by atoms with Gasteiger partial charge in [-0.1, -0.05) is 12.8 Å². The van der Waals surface area contributed by atoms with Crippen molar-refractivity contribution in [2.75, 3.05) is 6.54 Å². The van der Waals surface area contributed by atoms with E-state index in [4.69, 9.17) is 0 Å². The van der Waals surface area contributed by atoms with Crippen molar-refractivity contribution < 1.29 is 0 Å². The first-order valence-electron chi connectivity index (χ1n) is 6.73. The molecule has 2 fully saturated rings. The quantitative estimate of drug-likeness (QED) is 0.703. The Kier molecular flexibility index (Phi) is 4.04. The molecule has 0 radical (unpaired) electrons. The molecule has 3 unspecified atom stereocenters. The van der Waals surface area contributed by atoms with Crippen LogP contribution in [-0.2, 0) is 0 Å². The molecule has 0 aromatic carbocycles. The first-order chi connectivity index (χ1) is 7.24. The molecule has 2 N–H and O–H groups in total. The number of hydrogen-bond acceptors (Lipinski definition) is 2. The highest BCUT2D eigenvalue weighted by Gasteiger charge is 2.24. The zero-order valence-corrected chi connectivity index (χ0v) is 10.3. The third kappa shape index (κ3) is 4.12. The highest BCUT2D eigenvalue weighted by molar-refractivity contribution is 4.82. The molecule has 1 saturated carbocycles. The Balaban J connectivity index is 1.59. The number of rotatable bonds is 6. The Labute approximate surface area is 94.2 Å². The van der Waals surface area contributed by atoms with E-state index >= 15 is 0 Å². The van der Waals surface area contributed by atoms with E-state index in [9.17, 15) is 0 Å². The molecule has 15 heavy (non-hydrogen) atoms. The van der Waals surface area contributed by atoms with E-state index in [0.29, 0.717) is 12.1 Å². The fraction of sp³-hybridized carbons (Fsp3) is 1.00. The molecule has 2 aliphatic rings. The zero-order valence-electron chi connectivity index (χ0n) is 10.3. The monoisotopic (exact) mass is 210 g/mol. The topological polar surface area (TPSA) is 24.1 Å². The Bertz CT molecular complexity index is 183. The van der Waals surface area contributed by atoms with E-state index in [0.717, 1.165) is 12.0 Å². The van der Waals surface area contributed by atoms with Crippen LogP contribution in [0.15, 0.2) is 0 Å². The molecule has 0 aromatic rings. The molecule has 3 atom stereocenters. The summed E-state index contributed by atoms with van der Waals surface area (Å²) in [6.45, 7) is 5.91. The molecule has 88 valence electrons. The average molecular weight is 210 g/mol. The van der Waals surface area contributed by atoms with Crippen molar-refractivity contribution in [3.63, 3.8) is 0 Å². The summed E-state index contributed by atoms with van der Waals surface area (Å²) in [4.78, 5) is 0.